The second-order valence-corrected chi connectivity index (χ2v) is 7.51. The van der Waals surface area contributed by atoms with Crippen LogP contribution in [-0.2, 0) is 4.79 Å². The molecule has 2 rings (SSSR count). The average Bonchev–Trinajstić information content (AvgIpc) is 2.64. The third-order valence-corrected chi connectivity index (χ3v) is 4.94. The van der Waals surface area contributed by atoms with Crippen molar-refractivity contribution < 1.29 is 19.7 Å². The Morgan fingerprint density at radius 2 is 2.00 bits per heavy atom. The molecule has 0 saturated carbocycles. The molecule has 2 N–H and O–H groups in total. The van der Waals surface area contributed by atoms with Gasteiger partial charge in [0.05, 0.1) is 0 Å². The van der Waals surface area contributed by atoms with Gasteiger partial charge in [-0.05, 0) is 48.4 Å². The summed E-state index contributed by atoms with van der Waals surface area (Å²) in [4.78, 5) is 11.7. The summed E-state index contributed by atoms with van der Waals surface area (Å²) in [6.45, 7) is 1.35. The zero-order chi connectivity index (χ0) is 19.6. The molecule has 0 spiro atoms. The molecule has 0 aromatic heterocycles. The number of halogens is 1. The number of carbonyl (C=O) groups is 1. The summed E-state index contributed by atoms with van der Waals surface area (Å²) in [5, 5.41) is 17.7. The van der Waals surface area contributed by atoms with E-state index in [9.17, 15) is 4.79 Å². The van der Waals surface area contributed by atoms with Crippen LogP contribution in [0.5, 0.6) is 5.75 Å². The topological polar surface area (TPSA) is 66.8 Å². The van der Waals surface area contributed by atoms with Crippen molar-refractivity contribution in [1.82, 2.24) is 0 Å². The van der Waals surface area contributed by atoms with Crippen LogP contribution < -0.4 is 4.74 Å². The molecule has 2 aromatic carbocycles. The number of aliphatic carboxylic acids is 1. The first kappa shape index (κ1) is 21.1. The predicted octanol–water partition coefficient (Wildman–Crippen LogP) is 4.39. The molecule has 140 valence electrons. The van der Waals surface area contributed by atoms with E-state index in [0.29, 0.717) is 11.5 Å². The monoisotopic (exact) mass is 446 g/mol. The number of aliphatic hydroxyl groups excluding tert-OH is 1. The van der Waals surface area contributed by atoms with Crippen LogP contribution in [0.2, 0.25) is 0 Å². The molecular weight excluding hydrogens is 428 g/mol. The van der Waals surface area contributed by atoms with Gasteiger partial charge < -0.3 is 14.9 Å². The maximum atomic E-state index is 10.6. The van der Waals surface area contributed by atoms with Crippen molar-refractivity contribution in [3.63, 3.8) is 0 Å². The second kappa shape index (κ2) is 10.8. The molecule has 0 unspecified atom stereocenters. The molecule has 2 aromatic rings. The van der Waals surface area contributed by atoms with E-state index in [1.165, 1.54) is 0 Å². The standard InChI is InChI=1S/C21H19BrO4S/c1-15-13-19(8-9-20(15)26-14-21(24)25)27-12-10-16(3-2-11-23)17-4-6-18(22)7-5-17/h4-10,13,23H,11-12,14H2,1H3,(H,24,25). The van der Waals surface area contributed by atoms with Crippen molar-refractivity contribution in [2.24, 2.45) is 0 Å². The fourth-order valence-electron chi connectivity index (χ4n) is 2.24. The normalized spacial score (nSPS) is 10.9. The summed E-state index contributed by atoms with van der Waals surface area (Å²) in [5.41, 5.74) is 2.74. The number of allylic oxidation sites excluding steroid dienone is 1. The van der Waals surface area contributed by atoms with Crippen molar-refractivity contribution in [3.05, 3.63) is 64.1 Å². The van der Waals surface area contributed by atoms with Crippen LogP contribution >= 0.6 is 27.7 Å². The number of ether oxygens (including phenoxy) is 1. The number of aliphatic hydroxyl groups is 1. The Hall–Kier alpha value is -2.20. The van der Waals surface area contributed by atoms with Crippen LogP contribution in [0.3, 0.4) is 0 Å². The maximum Gasteiger partial charge on any atom is 0.341 e. The Bertz CT molecular complexity index is 879. The van der Waals surface area contributed by atoms with Crippen molar-refractivity contribution in [2.75, 3.05) is 19.0 Å². The van der Waals surface area contributed by atoms with Gasteiger partial charge in [0.1, 0.15) is 12.4 Å². The molecule has 0 heterocycles. The van der Waals surface area contributed by atoms with E-state index in [4.69, 9.17) is 14.9 Å². The highest BCUT2D eigenvalue weighted by Crippen LogP contribution is 2.27. The molecule has 4 nitrogen and oxygen atoms in total. The van der Waals surface area contributed by atoms with E-state index < -0.39 is 5.97 Å². The quantitative estimate of drug-likeness (QED) is 0.487. The lowest BCUT2D eigenvalue weighted by atomic mass is 10.1. The first-order chi connectivity index (χ1) is 13.0. The summed E-state index contributed by atoms with van der Waals surface area (Å²) < 4.78 is 6.24. The lowest BCUT2D eigenvalue weighted by molar-refractivity contribution is -0.139. The summed E-state index contributed by atoms with van der Waals surface area (Å²) in [5.74, 6) is 5.98. The third kappa shape index (κ3) is 7.14. The van der Waals surface area contributed by atoms with Gasteiger partial charge in [-0.2, -0.15) is 0 Å². The lowest BCUT2D eigenvalue weighted by Crippen LogP contribution is -2.09. The SMILES string of the molecule is Cc1cc(SCC=C(C#CCO)c2ccc(Br)cc2)ccc1OCC(=O)O. The lowest BCUT2D eigenvalue weighted by Gasteiger charge is -2.08. The minimum Gasteiger partial charge on any atom is -0.482 e. The minimum absolute atomic E-state index is 0.183. The zero-order valence-corrected chi connectivity index (χ0v) is 17.1. The molecule has 0 bridgehead atoms. The predicted molar refractivity (Wildman–Crippen MR) is 112 cm³/mol. The number of aryl methyl sites for hydroxylation is 1. The molecular formula is C21H19BrO4S. The van der Waals surface area contributed by atoms with Gasteiger partial charge in [0.2, 0.25) is 0 Å². The Labute approximate surface area is 171 Å². The van der Waals surface area contributed by atoms with Gasteiger partial charge in [-0.15, -0.1) is 11.8 Å². The third-order valence-electron chi connectivity index (χ3n) is 3.49. The van der Waals surface area contributed by atoms with E-state index in [1.54, 1.807) is 17.8 Å². The molecule has 0 fully saturated rings. The molecule has 0 amide bonds. The molecule has 0 aliphatic carbocycles. The van der Waals surface area contributed by atoms with Crippen LogP contribution in [-0.4, -0.2) is 35.1 Å². The van der Waals surface area contributed by atoms with Crippen LogP contribution in [0.4, 0.5) is 0 Å². The highest BCUT2D eigenvalue weighted by Gasteiger charge is 2.05. The number of benzene rings is 2. The first-order valence-electron chi connectivity index (χ1n) is 8.13. The summed E-state index contributed by atoms with van der Waals surface area (Å²) in [6.07, 6.45) is 2.03. The van der Waals surface area contributed by atoms with E-state index in [0.717, 1.165) is 26.1 Å². The van der Waals surface area contributed by atoms with Crippen molar-refractivity contribution in [1.29, 1.82) is 0 Å². The number of rotatable bonds is 7. The molecule has 27 heavy (non-hydrogen) atoms. The fourth-order valence-corrected chi connectivity index (χ4v) is 3.37. The van der Waals surface area contributed by atoms with Gasteiger partial charge in [-0.1, -0.05) is 46.0 Å². The molecule has 6 heteroatoms. The van der Waals surface area contributed by atoms with Gasteiger partial charge in [0, 0.05) is 20.7 Å². The Kier molecular flexibility index (Phi) is 8.46. The number of hydrogen-bond donors (Lipinski definition) is 2. The van der Waals surface area contributed by atoms with Gasteiger partial charge in [0.15, 0.2) is 6.61 Å². The van der Waals surface area contributed by atoms with Crippen molar-refractivity contribution in [3.8, 4) is 17.6 Å². The number of carboxylic acid groups (broad SMARTS) is 1. The minimum atomic E-state index is -0.998. The van der Waals surface area contributed by atoms with E-state index >= 15 is 0 Å². The smallest absolute Gasteiger partial charge is 0.341 e. The van der Waals surface area contributed by atoms with Crippen molar-refractivity contribution in [2.45, 2.75) is 11.8 Å². The summed E-state index contributed by atoms with van der Waals surface area (Å²) in [6, 6.07) is 13.5. The average molecular weight is 447 g/mol. The van der Waals surface area contributed by atoms with Crippen molar-refractivity contribution >= 4 is 39.2 Å². The number of hydrogen-bond acceptors (Lipinski definition) is 4. The van der Waals surface area contributed by atoms with Gasteiger partial charge in [0.25, 0.3) is 0 Å². The van der Waals surface area contributed by atoms with Crippen LogP contribution in [0.25, 0.3) is 5.57 Å². The van der Waals surface area contributed by atoms with Crippen LogP contribution in [0, 0.1) is 18.8 Å². The van der Waals surface area contributed by atoms with E-state index in [1.807, 2.05) is 49.4 Å². The van der Waals surface area contributed by atoms with Crippen LogP contribution in [0.15, 0.2) is 57.9 Å². The van der Waals surface area contributed by atoms with Crippen LogP contribution in [0.1, 0.15) is 11.1 Å². The number of carboxylic acids is 1. The Morgan fingerprint density at radius 1 is 1.26 bits per heavy atom. The first-order valence-corrected chi connectivity index (χ1v) is 9.91. The molecule has 0 saturated heterocycles. The summed E-state index contributed by atoms with van der Waals surface area (Å²) in [7, 11) is 0. The van der Waals surface area contributed by atoms with Gasteiger partial charge >= 0.3 is 5.97 Å². The largest absolute Gasteiger partial charge is 0.482 e. The van der Waals surface area contributed by atoms with Gasteiger partial charge in [-0.3, -0.25) is 0 Å². The molecule has 0 atom stereocenters. The van der Waals surface area contributed by atoms with E-state index in [-0.39, 0.29) is 13.2 Å². The highest BCUT2D eigenvalue weighted by atomic mass is 79.9. The second-order valence-electron chi connectivity index (χ2n) is 5.51. The molecule has 0 aliphatic heterocycles. The Morgan fingerprint density at radius 3 is 2.63 bits per heavy atom. The molecule has 0 radical (unpaired) electrons. The highest BCUT2D eigenvalue weighted by molar-refractivity contribution is 9.10. The maximum absolute atomic E-state index is 10.6. The summed E-state index contributed by atoms with van der Waals surface area (Å²) >= 11 is 5.06. The zero-order valence-electron chi connectivity index (χ0n) is 14.7. The van der Waals surface area contributed by atoms with E-state index in [2.05, 4.69) is 27.8 Å². The Balaban J connectivity index is 2.07. The molecule has 0 aliphatic rings. The number of thioether (sulfide) groups is 1. The van der Waals surface area contributed by atoms with Gasteiger partial charge in [-0.25, -0.2) is 4.79 Å². The fraction of sp³-hybridized carbons (Fsp3) is 0.190.